The molecule has 2 rings (SSSR count). The average Bonchev–Trinajstić information content (AvgIpc) is 3.10. The van der Waals surface area contributed by atoms with Crippen molar-refractivity contribution in [2.24, 2.45) is 0 Å². The van der Waals surface area contributed by atoms with Gasteiger partial charge in [0, 0.05) is 9.52 Å². The van der Waals surface area contributed by atoms with Crippen molar-refractivity contribution in [3.8, 4) is 0 Å². The molecule has 0 unspecified atom stereocenters. The Hall–Kier alpha value is 0.367. The Morgan fingerprint density at radius 1 is 0.769 bits per heavy atom. The first-order valence-corrected chi connectivity index (χ1v) is 10.7. The van der Waals surface area contributed by atoms with Crippen molar-refractivity contribution in [2.45, 2.75) is 79.3 Å². The Morgan fingerprint density at radius 3 is 1.15 bits per heavy atom. The SMILES string of the molecule is CC[SiH]CC.Cc1c[cH-]c(C(C)C)c1.Cc1c[cH-]c(C(C)C)c1.[Cl-].[Cl-].[Hf+4]. The van der Waals surface area contributed by atoms with E-state index >= 15 is 0 Å². The number of hydrogen-bond donors (Lipinski definition) is 0. The summed E-state index contributed by atoms with van der Waals surface area (Å²) in [6.45, 7) is 17.6. The van der Waals surface area contributed by atoms with Crippen molar-refractivity contribution in [3.63, 3.8) is 0 Å². The van der Waals surface area contributed by atoms with Gasteiger partial charge >= 0.3 is 25.8 Å². The Kier molecular flexibility index (Phi) is 26.2. The molecule has 0 spiro atoms. The molecule has 2 aromatic carbocycles. The Labute approximate surface area is 197 Å². The van der Waals surface area contributed by atoms with Crippen LogP contribution in [0, 0.1) is 13.8 Å². The molecule has 1 radical (unpaired) electrons. The van der Waals surface area contributed by atoms with Crippen LogP contribution in [0.15, 0.2) is 36.4 Å². The molecular weight excluding hydrogens is 542 g/mol. The van der Waals surface area contributed by atoms with Gasteiger partial charge < -0.3 is 24.8 Å². The van der Waals surface area contributed by atoms with Crippen LogP contribution in [0.1, 0.15) is 75.6 Å². The van der Waals surface area contributed by atoms with Gasteiger partial charge in [-0.25, -0.2) is 23.3 Å². The molecular formula is C22H37Cl2HfSi. The fourth-order valence-electron chi connectivity index (χ4n) is 2.18. The van der Waals surface area contributed by atoms with E-state index in [0.717, 1.165) is 9.52 Å². The molecule has 0 saturated carbocycles. The van der Waals surface area contributed by atoms with Gasteiger partial charge in [0.2, 0.25) is 0 Å². The van der Waals surface area contributed by atoms with Crippen molar-refractivity contribution in [1.29, 1.82) is 0 Å². The first kappa shape index (κ1) is 33.9. The molecule has 0 nitrogen and oxygen atoms in total. The predicted molar refractivity (Wildman–Crippen MR) is 110 cm³/mol. The van der Waals surface area contributed by atoms with E-state index in [4.69, 9.17) is 0 Å². The van der Waals surface area contributed by atoms with Gasteiger partial charge in [-0.15, -0.1) is 0 Å². The summed E-state index contributed by atoms with van der Waals surface area (Å²) in [6.07, 6.45) is 0. The monoisotopic (exact) mass is 579 g/mol. The molecule has 0 aromatic heterocycles. The van der Waals surface area contributed by atoms with Crippen LogP contribution >= 0.6 is 0 Å². The van der Waals surface area contributed by atoms with Crippen molar-refractivity contribution in [2.75, 3.05) is 0 Å². The van der Waals surface area contributed by atoms with E-state index in [2.05, 4.69) is 91.8 Å². The quantitative estimate of drug-likeness (QED) is 0.375. The molecule has 0 saturated heterocycles. The van der Waals surface area contributed by atoms with Crippen LogP contribution in [0.3, 0.4) is 0 Å². The van der Waals surface area contributed by atoms with Crippen LogP contribution in [0.4, 0.5) is 0 Å². The summed E-state index contributed by atoms with van der Waals surface area (Å²) >= 11 is 0. The largest absolute Gasteiger partial charge is 4.00 e. The number of halogens is 2. The van der Waals surface area contributed by atoms with Gasteiger partial charge in [0.05, 0.1) is 0 Å². The van der Waals surface area contributed by atoms with Crippen molar-refractivity contribution >= 4 is 9.52 Å². The molecule has 0 atom stereocenters. The predicted octanol–water partition coefficient (Wildman–Crippen LogP) is 0.979. The van der Waals surface area contributed by atoms with E-state index in [9.17, 15) is 0 Å². The molecule has 26 heavy (non-hydrogen) atoms. The molecule has 0 aliphatic carbocycles. The average molecular weight is 579 g/mol. The Balaban J connectivity index is -0.000000137. The van der Waals surface area contributed by atoms with Crippen molar-refractivity contribution < 1.29 is 50.7 Å². The van der Waals surface area contributed by atoms with Crippen LogP contribution in [-0.2, 0) is 25.8 Å². The van der Waals surface area contributed by atoms with E-state index in [-0.39, 0.29) is 50.7 Å². The summed E-state index contributed by atoms with van der Waals surface area (Å²) < 4.78 is 0. The molecule has 0 bridgehead atoms. The first-order chi connectivity index (χ1) is 10.8. The minimum absolute atomic E-state index is 0. The molecule has 0 aliphatic heterocycles. The fourth-order valence-corrected chi connectivity index (χ4v) is 2.76. The standard InChI is InChI=1S/2C9H13.C4H11Si.2ClH.Hf/c2*1-7(2)9-5-4-8(3)6-9;1-3-5-4-2;;;/h2*4-7H,1-3H3;5H,3-4H2,1-2H3;2*1H;/q2*-1;;;;+4/p-2. The van der Waals surface area contributed by atoms with E-state index in [1.165, 1.54) is 34.3 Å². The molecule has 0 N–H and O–H groups in total. The summed E-state index contributed by atoms with van der Waals surface area (Å²) in [7, 11) is 0.815. The van der Waals surface area contributed by atoms with Crippen LogP contribution < -0.4 is 24.8 Å². The van der Waals surface area contributed by atoms with Gasteiger partial charge in [0.15, 0.2) is 0 Å². The third-order valence-corrected chi connectivity index (χ3v) is 4.93. The number of hydrogen-bond acceptors (Lipinski definition) is 0. The van der Waals surface area contributed by atoms with Crippen molar-refractivity contribution in [1.82, 2.24) is 0 Å². The maximum absolute atomic E-state index is 2.25. The molecule has 4 heteroatoms. The number of rotatable bonds is 4. The fraction of sp³-hybridized carbons (Fsp3) is 0.545. The van der Waals surface area contributed by atoms with Crippen LogP contribution in [0.5, 0.6) is 0 Å². The zero-order valence-corrected chi connectivity index (χ0v) is 24.1. The third-order valence-electron chi connectivity index (χ3n) is 3.78. The molecule has 0 fully saturated rings. The van der Waals surface area contributed by atoms with E-state index < -0.39 is 0 Å². The maximum Gasteiger partial charge on any atom is 4.00 e. The smallest absolute Gasteiger partial charge is 1.00 e. The summed E-state index contributed by atoms with van der Waals surface area (Å²) in [5.41, 5.74) is 5.65. The maximum atomic E-state index is 2.25. The van der Waals surface area contributed by atoms with Gasteiger partial charge in [-0.1, -0.05) is 67.5 Å². The van der Waals surface area contributed by atoms with Gasteiger partial charge in [-0.2, -0.15) is 35.4 Å². The Bertz CT molecular complexity index is 469. The number of aryl methyl sites for hydroxylation is 2. The minimum atomic E-state index is 0. The molecule has 2 aromatic rings. The van der Waals surface area contributed by atoms with Gasteiger partial charge in [-0.3, -0.25) is 0 Å². The zero-order valence-electron chi connectivity index (χ0n) is 17.9. The van der Waals surface area contributed by atoms with E-state index in [1.54, 1.807) is 0 Å². The third kappa shape index (κ3) is 16.5. The molecule has 0 amide bonds. The van der Waals surface area contributed by atoms with Crippen LogP contribution in [0.25, 0.3) is 0 Å². The second kappa shape index (κ2) is 20.1. The normalized spacial score (nSPS) is 9.00. The van der Waals surface area contributed by atoms with Crippen molar-refractivity contribution in [3.05, 3.63) is 58.7 Å². The zero-order chi connectivity index (χ0) is 17.8. The summed E-state index contributed by atoms with van der Waals surface area (Å²) in [6, 6.07) is 16.0. The second-order valence-corrected chi connectivity index (χ2v) is 9.07. The second-order valence-electron chi connectivity index (χ2n) is 6.86. The molecule has 147 valence electrons. The van der Waals surface area contributed by atoms with E-state index in [0.29, 0.717) is 11.8 Å². The van der Waals surface area contributed by atoms with Crippen LogP contribution in [0.2, 0.25) is 12.1 Å². The first-order valence-electron chi connectivity index (χ1n) is 9.09. The Morgan fingerprint density at radius 2 is 1.08 bits per heavy atom. The molecule has 0 heterocycles. The van der Waals surface area contributed by atoms with E-state index in [1.807, 2.05) is 0 Å². The topological polar surface area (TPSA) is 0 Å². The molecule has 0 aliphatic rings. The minimum Gasteiger partial charge on any atom is -1.00 e. The van der Waals surface area contributed by atoms with Gasteiger partial charge in [0.1, 0.15) is 0 Å². The van der Waals surface area contributed by atoms with Crippen LogP contribution in [-0.4, -0.2) is 9.52 Å². The van der Waals surface area contributed by atoms with Gasteiger partial charge in [-0.05, 0) is 11.8 Å². The summed E-state index contributed by atoms with van der Waals surface area (Å²) in [5, 5.41) is 0. The summed E-state index contributed by atoms with van der Waals surface area (Å²) in [5.74, 6) is 1.36. The summed E-state index contributed by atoms with van der Waals surface area (Å²) in [4.78, 5) is 0. The van der Waals surface area contributed by atoms with Gasteiger partial charge in [0.25, 0.3) is 0 Å².